The lowest BCUT2D eigenvalue weighted by atomic mass is 9.99. The van der Waals surface area contributed by atoms with Crippen molar-refractivity contribution in [3.05, 3.63) is 46.2 Å². The number of halogens is 1. The number of benzene rings is 1. The minimum atomic E-state index is -0.917. The largest absolute Gasteiger partial charge is 0.478 e. The normalized spacial score (nSPS) is 11.4. The molecule has 0 aliphatic rings. The maximum absolute atomic E-state index is 11.8. The van der Waals surface area contributed by atoms with Crippen LogP contribution in [0.15, 0.2) is 24.3 Å². The highest BCUT2D eigenvalue weighted by Gasteiger charge is 2.26. The summed E-state index contributed by atoms with van der Waals surface area (Å²) in [5, 5.41) is 14.9. The quantitative estimate of drug-likeness (QED) is 0.879. The fourth-order valence-electron chi connectivity index (χ4n) is 2.55. The van der Waals surface area contributed by atoms with Crippen LogP contribution in [-0.4, -0.2) is 20.9 Å². The van der Waals surface area contributed by atoms with Crippen molar-refractivity contribution in [1.82, 2.24) is 9.78 Å². The zero-order valence-corrected chi connectivity index (χ0v) is 14.1. The number of carbonyl (C=O) groups is 1. The molecule has 0 saturated heterocycles. The molecule has 0 radical (unpaired) electrons. The van der Waals surface area contributed by atoms with Gasteiger partial charge in [0.25, 0.3) is 0 Å². The molecule has 0 fully saturated rings. The molecule has 1 N–H and O–H groups in total. The Morgan fingerprint density at radius 2 is 1.82 bits per heavy atom. The molecule has 22 heavy (non-hydrogen) atoms. The van der Waals surface area contributed by atoms with Gasteiger partial charge in [0.05, 0.1) is 17.1 Å². The predicted octanol–water partition coefficient (Wildman–Crippen LogP) is 4.55. The van der Waals surface area contributed by atoms with Crippen LogP contribution in [0.5, 0.6) is 0 Å². The molecule has 0 amide bonds. The van der Waals surface area contributed by atoms with Crippen LogP contribution in [0, 0.1) is 5.92 Å². The Morgan fingerprint density at radius 3 is 2.27 bits per heavy atom. The minimum Gasteiger partial charge on any atom is -0.478 e. The number of hydrogen-bond donors (Lipinski definition) is 1. The van der Waals surface area contributed by atoms with E-state index in [-0.39, 0.29) is 5.92 Å². The maximum Gasteiger partial charge on any atom is 0.339 e. The number of hydrogen-bond acceptors (Lipinski definition) is 2. The smallest absolute Gasteiger partial charge is 0.339 e. The average molecular weight is 321 g/mol. The van der Waals surface area contributed by atoms with Gasteiger partial charge in [0.2, 0.25) is 0 Å². The second-order valence-electron chi connectivity index (χ2n) is 6.15. The summed E-state index contributed by atoms with van der Waals surface area (Å²) in [6.07, 6.45) is 0.641. The summed E-state index contributed by atoms with van der Waals surface area (Å²) in [6, 6.07) is 7.27. The monoisotopic (exact) mass is 320 g/mol. The van der Waals surface area contributed by atoms with Gasteiger partial charge >= 0.3 is 5.97 Å². The van der Waals surface area contributed by atoms with E-state index in [0.717, 1.165) is 11.4 Å². The van der Waals surface area contributed by atoms with Gasteiger partial charge in [-0.05, 0) is 42.5 Å². The van der Waals surface area contributed by atoms with Gasteiger partial charge in [-0.15, -0.1) is 0 Å². The Bertz CT molecular complexity index is 673. The van der Waals surface area contributed by atoms with E-state index in [2.05, 4.69) is 18.9 Å². The molecule has 1 aromatic carbocycles. The lowest BCUT2D eigenvalue weighted by molar-refractivity contribution is 0.0694. The standard InChI is InChI=1S/C17H21ClN2O2/c1-10(2)9-14-15(17(21)22)16(11(3)4)20(19-14)13-7-5-12(18)6-8-13/h5-8,10-11H,9H2,1-4H3,(H,21,22). The summed E-state index contributed by atoms with van der Waals surface area (Å²) in [4.78, 5) is 11.8. The van der Waals surface area contributed by atoms with Crippen molar-refractivity contribution in [3.8, 4) is 5.69 Å². The number of carboxylic acid groups (broad SMARTS) is 1. The lowest BCUT2D eigenvalue weighted by Crippen LogP contribution is -2.09. The van der Waals surface area contributed by atoms with Gasteiger partial charge in [-0.1, -0.05) is 39.3 Å². The Morgan fingerprint density at radius 1 is 1.23 bits per heavy atom. The molecular formula is C17H21ClN2O2. The molecule has 5 heteroatoms. The van der Waals surface area contributed by atoms with E-state index in [1.54, 1.807) is 16.8 Å². The molecule has 1 heterocycles. The second kappa shape index (κ2) is 6.53. The van der Waals surface area contributed by atoms with Gasteiger partial charge in [0, 0.05) is 5.02 Å². The van der Waals surface area contributed by atoms with Gasteiger partial charge < -0.3 is 5.11 Å². The van der Waals surface area contributed by atoms with E-state index < -0.39 is 5.97 Å². The molecule has 1 aromatic heterocycles. The highest BCUT2D eigenvalue weighted by molar-refractivity contribution is 6.30. The number of rotatable bonds is 5. The third-order valence-electron chi connectivity index (χ3n) is 3.43. The molecule has 0 unspecified atom stereocenters. The van der Waals surface area contributed by atoms with E-state index in [0.29, 0.717) is 28.6 Å². The van der Waals surface area contributed by atoms with Crippen LogP contribution in [-0.2, 0) is 6.42 Å². The Hall–Kier alpha value is -1.81. The van der Waals surface area contributed by atoms with Crippen LogP contribution in [0.2, 0.25) is 5.02 Å². The molecule has 0 aliphatic carbocycles. The van der Waals surface area contributed by atoms with Crippen molar-refractivity contribution in [2.24, 2.45) is 5.92 Å². The second-order valence-corrected chi connectivity index (χ2v) is 6.59. The van der Waals surface area contributed by atoms with Crippen molar-refractivity contribution in [2.75, 3.05) is 0 Å². The molecule has 2 rings (SSSR count). The highest BCUT2D eigenvalue weighted by Crippen LogP contribution is 2.28. The fourth-order valence-corrected chi connectivity index (χ4v) is 2.68. The SMILES string of the molecule is CC(C)Cc1nn(-c2ccc(Cl)cc2)c(C(C)C)c1C(=O)O. The highest BCUT2D eigenvalue weighted by atomic mass is 35.5. The molecular weight excluding hydrogens is 300 g/mol. The molecule has 4 nitrogen and oxygen atoms in total. The number of nitrogens with zero attached hydrogens (tertiary/aromatic N) is 2. The van der Waals surface area contributed by atoms with Crippen molar-refractivity contribution >= 4 is 17.6 Å². The molecule has 0 aliphatic heterocycles. The first-order valence-electron chi connectivity index (χ1n) is 7.42. The van der Waals surface area contributed by atoms with E-state index in [4.69, 9.17) is 11.6 Å². The Balaban J connectivity index is 2.67. The fraction of sp³-hybridized carbons (Fsp3) is 0.412. The topological polar surface area (TPSA) is 55.1 Å². The van der Waals surface area contributed by atoms with Gasteiger partial charge in [-0.3, -0.25) is 0 Å². The zero-order chi connectivity index (χ0) is 16.4. The first-order valence-corrected chi connectivity index (χ1v) is 7.80. The first kappa shape index (κ1) is 16.6. The summed E-state index contributed by atoms with van der Waals surface area (Å²) < 4.78 is 1.74. The third-order valence-corrected chi connectivity index (χ3v) is 3.68. The molecule has 118 valence electrons. The summed E-state index contributed by atoms with van der Waals surface area (Å²) >= 11 is 5.93. The third kappa shape index (κ3) is 3.33. The van der Waals surface area contributed by atoms with E-state index in [1.807, 2.05) is 26.0 Å². The van der Waals surface area contributed by atoms with E-state index in [9.17, 15) is 9.90 Å². The van der Waals surface area contributed by atoms with Crippen LogP contribution >= 0.6 is 11.6 Å². The van der Waals surface area contributed by atoms with Gasteiger partial charge in [0.1, 0.15) is 5.56 Å². The van der Waals surface area contributed by atoms with Crippen LogP contribution in [0.1, 0.15) is 55.4 Å². The molecule has 0 bridgehead atoms. The lowest BCUT2D eigenvalue weighted by Gasteiger charge is -2.11. The van der Waals surface area contributed by atoms with Crippen LogP contribution in [0.3, 0.4) is 0 Å². The van der Waals surface area contributed by atoms with Crippen LogP contribution in [0.25, 0.3) is 5.69 Å². The molecule has 0 atom stereocenters. The number of aromatic carboxylic acids is 1. The number of carboxylic acids is 1. The molecule has 0 spiro atoms. The van der Waals surface area contributed by atoms with Crippen molar-refractivity contribution < 1.29 is 9.90 Å². The maximum atomic E-state index is 11.8. The summed E-state index contributed by atoms with van der Waals surface area (Å²) in [5.41, 5.74) is 2.52. The zero-order valence-electron chi connectivity index (χ0n) is 13.3. The van der Waals surface area contributed by atoms with Crippen LogP contribution in [0.4, 0.5) is 0 Å². The van der Waals surface area contributed by atoms with E-state index >= 15 is 0 Å². The van der Waals surface area contributed by atoms with Gasteiger partial charge in [-0.2, -0.15) is 5.10 Å². The first-order chi connectivity index (χ1) is 10.3. The minimum absolute atomic E-state index is 0.0511. The van der Waals surface area contributed by atoms with E-state index in [1.165, 1.54) is 0 Å². The average Bonchev–Trinajstić information content (AvgIpc) is 2.78. The van der Waals surface area contributed by atoms with Crippen molar-refractivity contribution in [1.29, 1.82) is 0 Å². The summed E-state index contributed by atoms with van der Waals surface area (Å²) in [5.74, 6) is -0.526. The molecule has 2 aromatic rings. The Labute approximate surface area is 135 Å². The summed E-state index contributed by atoms with van der Waals surface area (Å²) in [6.45, 7) is 8.08. The predicted molar refractivity (Wildman–Crippen MR) is 88.2 cm³/mol. The summed E-state index contributed by atoms with van der Waals surface area (Å²) in [7, 11) is 0. The number of aromatic nitrogens is 2. The van der Waals surface area contributed by atoms with Gasteiger partial charge in [0.15, 0.2) is 0 Å². The van der Waals surface area contributed by atoms with Crippen LogP contribution < -0.4 is 0 Å². The van der Waals surface area contributed by atoms with Gasteiger partial charge in [-0.25, -0.2) is 9.48 Å². The van der Waals surface area contributed by atoms with Crippen molar-refractivity contribution in [2.45, 2.75) is 40.0 Å². The van der Waals surface area contributed by atoms with Crippen molar-refractivity contribution in [3.63, 3.8) is 0 Å². The Kier molecular flexibility index (Phi) is 4.91. The molecule has 0 saturated carbocycles.